The van der Waals surface area contributed by atoms with Gasteiger partial charge in [-0.1, -0.05) is 12.1 Å². The van der Waals surface area contributed by atoms with Crippen LogP contribution < -0.4 is 5.32 Å². The van der Waals surface area contributed by atoms with Crippen LogP contribution in [0.15, 0.2) is 24.3 Å². The largest absolute Gasteiger partial charge is 0.416 e. The third kappa shape index (κ3) is 6.01. The van der Waals surface area contributed by atoms with Crippen molar-refractivity contribution >= 4 is 11.8 Å². The number of anilines is 1. The highest BCUT2D eigenvalue weighted by Gasteiger charge is 2.43. The maximum Gasteiger partial charge on any atom is 0.414 e. The van der Waals surface area contributed by atoms with Gasteiger partial charge >= 0.3 is 6.09 Å². The number of aliphatic hydroxyl groups excluding tert-OH is 4. The Morgan fingerprint density at radius 2 is 1.80 bits per heavy atom. The van der Waals surface area contributed by atoms with E-state index in [4.69, 9.17) is 14.6 Å². The predicted octanol–water partition coefficient (Wildman–Crippen LogP) is 0.194. The first-order chi connectivity index (χ1) is 11.8. The number of rotatable bonds is 3. The van der Waals surface area contributed by atoms with Crippen LogP contribution in [0.2, 0.25) is 0 Å². The molecular formula is C17H23NO7. The maximum absolute atomic E-state index is 11.8. The first-order valence-electron chi connectivity index (χ1n) is 7.58. The Bertz CT molecular complexity index is 584. The molecule has 5 unspecified atom stereocenters. The minimum absolute atomic E-state index is 0.106. The van der Waals surface area contributed by atoms with Crippen molar-refractivity contribution in [2.75, 3.05) is 5.32 Å². The summed E-state index contributed by atoms with van der Waals surface area (Å²) in [7, 11) is 0. The van der Waals surface area contributed by atoms with Crippen molar-refractivity contribution in [3.63, 3.8) is 0 Å². The summed E-state index contributed by atoms with van der Waals surface area (Å²) in [5, 5.41) is 40.3. The number of hydrogen-bond acceptors (Lipinski definition) is 7. The second-order valence-corrected chi connectivity index (χ2v) is 5.36. The minimum Gasteiger partial charge on any atom is -0.416 e. The highest BCUT2D eigenvalue weighted by atomic mass is 16.7. The lowest BCUT2D eigenvalue weighted by atomic mass is 10.0. The third-order valence-corrected chi connectivity index (χ3v) is 3.41. The summed E-state index contributed by atoms with van der Waals surface area (Å²) in [6.45, 7) is 3.03. The lowest BCUT2D eigenvalue weighted by molar-refractivity contribution is -0.275. The van der Waals surface area contributed by atoms with Crippen molar-refractivity contribution in [3.8, 4) is 12.3 Å². The van der Waals surface area contributed by atoms with E-state index >= 15 is 0 Å². The van der Waals surface area contributed by atoms with E-state index in [1.165, 1.54) is 6.92 Å². The molecule has 1 saturated heterocycles. The number of hydrogen-bond donors (Lipinski definition) is 5. The van der Waals surface area contributed by atoms with Gasteiger partial charge in [0.1, 0.15) is 18.3 Å². The van der Waals surface area contributed by atoms with Crippen molar-refractivity contribution in [2.24, 2.45) is 0 Å². The first kappa shape index (κ1) is 20.9. The molecule has 1 heterocycles. The van der Waals surface area contributed by atoms with E-state index in [1.54, 1.807) is 31.2 Å². The fourth-order valence-corrected chi connectivity index (χ4v) is 2.06. The molecule has 1 fully saturated rings. The van der Waals surface area contributed by atoms with Crippen LogP contribution in [0, 0.1) is 12.3 Å². The molecule has 0 radical (unpaired) electrons. The van der Waals surface area contributed by atoms with Crippen LogP contribution in [0.5, 0.6) is 0 Å². The van der Waals surface area contributed by atoms with Gasteiger partial charge in [0.2, 0.25) is 6.29 Å². The van der Waals surface area contributed by atoms with Gasteiger partial charge in [0, 0.05) is 5.69 Å². The second-order valence-electron chi connectivity index (χ2n) is 5.36. The quantitative estimate of drug-likeness (QED) is 0.491. The summed E-state index contributed by atoms with van der Waals surface area (Å²) in [6.07, 6.45) is -2.73. The summed E-state index contributed by atoms with van der Waals surface area (Å²) in [6, 6.07) is 6.41. The van der Waals surface area contributed by atoms with Gasteiger partial charge in [-0.3, -0.25) is 5.32 Å². The Hall–Kier alpha value is -2.15. The number of aliphatic hydroxyl groups is 4. The standard InChI is InChI=1S/C14H19NO7.C3H4/c1-7-10(17)11(18)12(19)13(21-7)22-14(20)15-9-4-2-8(6-16)3-5-9;1-3-2/h2-5,7,10-13,16-19H,6H2,1H3,(H,15,20);1H,2H3. The zero-order valence-electron chi connectivity index (χ0n) is 14.0. The normalized spacial score (nSPS) is 28.1. The molecule has 8 nitrogen and oxygen atoms in total. The molecule has 0 spiro atoms. The zero-order valence-corrected chi connectivity index (χ0v) is 14.0. The van der Waals surface area contributed by atoms with Gasteiger partial charge in [0.15, 0.2) is 0 Å². The predicted molar refractivity (Wildman–Crippen MR) is 89.3 cm³/mol. The maximum atomic E-state index is 11.8. The Kier molecular flexibility index (Phi) is 8.34. The number of benzene rings is 1. The molecule has 5 N–H and O–H groups in total. The van der Waals surface area contributed by atoms with Crippen LogP contribution in [0.1, 0.15) is 19.4 Å². The van der Waals surface area contributed by atoms with Crippen molar-refractivity contribution in [1.82, 2.24) is 0 Å². The Morgan fingerprint density at radius 3 is 2.32 bits per heavy atom. The topological polar surface area (TPSA) is 128 Å². The Labute approximate surface area is 146 Å². The minimum atomic E-state index is -1.55. The van der Waals surface area contributed by atoms with Crippen LogP contribution >= 0.6 is 0 Å². The molecule has 2 rings (SSSR count). The third-order valence-electron chi connectivity index (χ3n) is 3.41. The molecule has 0 aromatic heterocycles. The van der Waals surface area contributed by atoms with E-state index in [-0.39, 0.29) is 6.61 Å². The van der Waals surface area contributed by atoms with Gasteiger partial charge < -0.3 is 29.9 Å². The SMILES string of the molecule is C#CC.CC1OC(OC(=O)Nc2ccc(CO)cc2)C(O)C(O)C1O. The average molecular weight is 353 g/mol. The summed E-state index contributed by atoms with van der Waals surface area (Å²) in [5.74, 6) is 2.25. The Balaban J connectivity index is 0.000000970. The summed E-state index contributed by atoms with van der Waals surface area (Å²) >= 11 is 0. The van der Waals surface area contributed by atoms with Crippen molar-refractivity contribution in [2.45, 2.75) is 51.2 Å². The van der Waals surface area contributed by atoms with E-state index in [9.17, 15) is 20.1 Å². The van der Waals surface area contributed by atoms with Crippen molar-refractivity contribution in [1.29, 1.82) is 0 Å². The molecule has 0 bridgehead atoms. The number of carbonyl (C=O) groups excluding carboxylic acids is 1. The van der Waals surface area contributed by atoms with Crippen LogP contribution in [0.25, 0.3) is 0 Å². The number of nitrogens with one attached hydrogen (secondary N) is 1. The number of ether oxygens (including phenoxy) is 2. The molecule has 1 aliphatic heterocycles. The van der Waals surface area contributed by atoms with Crippen LogP contribution in [0.3, 0.4) is 0 Å². The van der Waals surface area contributed by atoms with Gasteiger partial charge in [0.25, 0.3) is 0 Å². The molecule has 138 valence electrons. The first-order valence-corrected chi connectivity index (χ1v) is 7.58. The van der Waals surface area contributed by atoms with Crippen molar-refractivity contribution < 1.29 is 34.7 Å². The highest BCUT2D eigenvalue weighted by Crippen LogP contribution is 2.22. The highest BCUT2D eigenvalue weighted by molar-refractivity contribution is 5.84. The van der Waals surface area contributed by atoms with E-state index in [0.717, 1.165) is 0 Å². The number of amides is 1. The molecule has 5 atom stereocenters. The van der Waals surface area contributed by atoms with Crippen molar-refractivity contribution in [3.05, 3.63) is 29.8 Å². The molecular weight excluding hydrogens is 330 g/mol. The van der Waals surface area contributed by atoms with Crippen LogP contribution in [-0.4, -0.2) is 57.2 Å². The molecule has 0 aliphatic carbocycles. The van der Waals surface area contributed by atoms with E-state index in [1.807, 2.05) is 0 Å². The van der Waals surface area contributed by atoms with E-state index in [2.05, 4.69) is 17.7 Å². The second kappa shape index (κ2) is 9.98. The van der Waals surface area contributed by atoms with E-state index in [0.29, 0.717) is 11.3 Å². The monoisotopic (exact) mass is 353 g/mol. The smallest absolute Gasteiger partial charge is 0.414 e. The Morgan fingerprint density at radius 1 is 1.24 bits per heavy atom. The summed E-state index contributed by atoms with van der Waals surface area (Å²) < 4.78 is 10.1. The molecule has 1 amide bonds. The van der Waals surface area contributed by atoms with Gasteiger partial charge in [-0.15, -0.1) is 12.3 Å². The average Bonchev–Trinajstić information content (AvgIpc) is 2.59. The van der Waals surface area contributed by atoms with Crippen LogP contribution in [0.4, 0.5) is 10.5 Å². The van der Waals surface area contributed by atoms with Gasteiger partial charge in [-0.05, 0) is 31.5 Å². The molecule has 25 heavy (non-hydrogen) atoms. The van der Waals surface area contributed by atoms with Gasteiger partial charge in [-0.2, -0.15) is 0 Å². The molecule has 1 aromatic rings. The molecule has 1 aliphatic rings. The summed E-state index contributed by atoms with van der Waals surface area (Å²) in [4.78, 5) is 11.8. The molecule has 1 aromatic carbocycles. The lowest BCUT2D eigenvalue weighted by Gasteiger charge is -2.38. The van der Waals surface area contributed by atoms with E-state index < -0.39 is 36.8 Å². The lowest BCUT2D eigenvalue weighted by Crippen LogP contribution is -2.57. The van der Waals surface area contributed by atoms with Gasteiger partial charge in [0.05, 0.1) is 12.7 Å². The number of terminal acetylenes is 1. The fraction of sp³-hybridized carbons (Fsp3) is 0.471. The number of carbonyl (C=O) groups is 1. The molecule has 0 saturated carbocycles. The van der Waals surface area contributed by atoms with Gasteiger partial charge in [-0.25, -0.2) is 4.79 Å². The summed E-state index contributed by atoms with van der Waals surface area (Å²) in [5.41, 5.74) is 1.12. The zero-order chi connectivity index (χ0) is 19.0. The van der Waals surface area contributed by atoms with Crippen LogP contribution in [-0.2, 0) is 16.1 Å². The molecule has 8 heteroatoms. The fourth-order valence-electron chi connectivity index (χ4n) is 2.06.